The number of aryl methyl sites for hydroxylation is 1. The van der Waals surface area contributed by atoms with Crippen LogP contribution in [-0.2, 0) is 5.41 Å². The molecule has 2 heteroatoms. The molecule has 3 unspecified atom stereocenters. The number of hydrogen-bond acceptors (Lipinski definition) is 2. The van der Waals surface area contributed by atoms with Gasteiger partial charge in [0.25, 0.3) is 0 Å². The molecule has 0 fully saturated rings. The average molecular weight is 825 g/mol. The highest BCUT2D eigenvalue weighted by Gasteiger charge is 2.43. The molecule has 0 amide bonds. The fraction of sp³-hybridized carbons (Fsp3) is 0.246. The van der Waals surface area contributed by atoms with Crippen LogP contribution in [0.3, 0.4) is 0 Å². The van der Waals surface area contributed by atoms with Crippen molar-refractivity contribution in [3.05, 3.63) is 245 Å². The largest absolute Gasteiger partial charge is 0.334 e. The van der Waals surface area contributed by atoms with Gasteiger partial charge in [-0.3, -0.25) is 0 Å². The minimum atomic E-state index is -0.321. The minimum Gasteiger partial charge on any atom is -0.334 e. The predicted octanol–water partition coefficient (Wildman–Crippen LogP) is 16.5. The van der Waals surface area contributed by atoms with Gasteiger partial charge in [-0.25, -0.2) is 0 Å². The Bertz CT molecular complexity index is 2670. The summed E-state index contributed by atoms with van der Waals surface area (Å²) in [7, 11) is 0. The van der Waals surface area contributed by atoms with E-state index < -0.39 is 0 Å². The summed E-state index contributed by atoms with van der Waals surface area (Å²) in [6.07, 6.45) is 31.3. The van der Waals surface area contributed by atoms with Gasteiger partial charge in [-0.1, -0.05) is 148 Å². The highest BCUT2D eigenvalue weighted by Crippen LogP contribution is 2.56. The van der Waals surface area contributed by atoms with Crippen molar-refractivity contribution in [2.45, 2.75) is 91.0 Å². The van der Waals surface area contributed by atoms with Crippen LogP contribution in [-0.4, -0.2) is 6.04 Å². The molecule has 0 aromatic heterocycles. The molecule has 4 aliphatic rings. The van der Waals surface area contributed by atoms with E-state index in [-0.39, 0.29) is 11.5 Å². The van der Waals surface area contributed by atoms with Gasteiger partial charge < -0.3 is 9.80 Å². The Labute approximate surface area is 378 Å². The maximum atomic E-state index is 4.55. The Morgan fingerprint density at radius 1 is 0.889 bits per heavy atom. The van der Waals surface area contributed by atoms with E-state index >= 15 is 0 Å². The van der Waals surface area contributed by atoms with Crippen molar-refractivity contribution < 1.29 is 0 Å². The van der Waals surface area contributed by atoms with Crippen molar-refractivity contribution in [3.8, 4) is 11.1 Å². The van der Waals surface area contributed by atoms with Crippen LogP contribution in [0.25, 0.3) is 11.1 Å². The summed E-state index contributed by atoms with van der Waals surface area (Å²) in [5.74, 6) is 0.376. The van der Waals surface area contributed by atoms with Gasteiger partial charge in [-0.15, -0.1) is 0 Å². The maximum absolute atomic E-state index is 4.55. The summed E-state index contributed by atoms with van der Waals surface area (Å²) >= 11 is 0. The molecule has 2 nitrogen and oxygen atoms in total. The first kappa shape index (κ1) is 43.3. The summed E-state index contributed by atoms with van der Waals surface area (Å²) in [4.78, 5) is 4.94. The van der Waals surface area contributed by atoms with Gasteiger partial charge in [0.1, 0.15) is 0 Å². The smallest absolute Gasteiger partial charge is 0.0529 e. The minimum absolute atomic E-state index is 0.0116. The lowest BCUT2D eigenvalue weighted by Crippen LogP contribution is -2.32. The number of allylic oxidation sites excluding steroid dienone is 15. The number of benzene rings is 4. The summed E-state index contributed by atoms with van der Waals surface area (Å²) in [5.41, 5.74) is 21.3. The summed E-state index contributed by atoms with van der Waals surface area (Å²) in [6, 6.07) is 31.8. The van der Waals surface area contributed by atoms with E-state index in [0.29, 0.717) is 5.92 Å². The summed E-state index contributed by atoms with van der Waals surface area (Å²) in [6.45, 7) is 29.1. The zero-order valence-electron chi connectivity index (χ0n) is 38.3. The number of anilines is 3. The standard InChI is InChI=1S/C61H64N2/c1-10-24-49(27-15-12-14-25-42(3)53-30-19-18-26-48(53)11-2)47(8)63(52-39-37-51(38-40-52)62-45(6)36-35-43(4)54-31-21-23-34-58(54)62)60-44(5)41-56-55-32-20-22-33-57(55)61(9,59(56)46(60)7)50-28-16-13-17-29-50/h10-13,15-18,20,22-24,26,28-29,32-41,43,47H,1-3,6,14,19,21,25,27,30-31H2,4-5,7-9H3/b15-12-,49-24-. The molecule has 4 aromatic carbocycles. The number of nitrogens with zero attached hydrogens (tertiary/aromatic N) is 2. The summed E-state index contributed by atoms with van der Waals surface area (Å²) < 4.78 is 0. The van der Waals surface area contributed by atoms with Gasteiger partial charge >= 0.3 is 0 Å². The van der Waals surface area contributed by atoms with Crippen molar-refractivity contribution in [2.75, 3.05) is 9.80 Å². The van der Waals surface area contributed by atoms with E-state index in [1.807, 2.05) is 12.2 Å². The second-order valence-corrected chi connectivity index (χ2v) is 17.9. The highest BCUT2D eigenvalue weighted by atomic mass is 15.2. The zero-order chi connectivity index (χ0) is 44.3. The topological polar surface area (TPSA) is 6.48 Å². The Balaban J connectivity index is 1.21. The van der Waals surface area contributed by atoms with Crippen molar-refractivity contribution in [3.63, 3.8) is 0 Å². The van der Waals surface area contributed by atoms with E-state index in [1.54, 1.807) is 0 Å². The van der Waals surface area contributed by atoms with E-state index in [2.05, 4.69) is 210 Å². The molecule has 0 saturated heterocycles. The highest BCUT2D eigenvalue weighted by molar-refractivity contribution is 5.89. The Hall–Kier alpha value is -6.38. The molecule has 0 radical (unpaired) electrons. The third-order valence-electron chi connectivity index (χ3n) is 14.1. The SMILES string of the molecule is C=C/C=C(/C/C=C\CCC(=C)C1=C(C=C)C=CCC1)C(C)N(c1ccc(N2C(=C)C=CC(C)C3=C2C=CCC3)cc1)c1c(C)cc2c(c1C)C(C)(c1ccccc1)c1ccccc1-2. The average Bonchev–Trinajstić information content (AvgIpc) is 3.49. The predicted molar refractivity (Wildman–Crippen MR) is 273 cm³/mol. The fourth-order valence-corrected chi connectivity index (χ4v) is 10.8. The third-order valence-corrected chi connectivity index (χ3v) is 14.1. The van der Waals surface area contributed by atoms with Crippen molar-refractivity contribution in [2.24, 2.45) is 5.92 Å². The van der Waals surface area contributed by atoms with Gasteiger partial charge in [0, 0.05) is 33.9 Å². The van der Waals surface area contributed by atoms with Crippen LogP contribution in [0.15, 0.2) is 217 Å². The first-order valence-electron chi connectivity index (χ1n) is 23.0. The molecule has 318 valence electrons. The number of fused-ring (bicyclic) bond motifs is 3. The molecule has 1 aliphatic heterocycles. The molecule has 1 heterocycles. The molecule has 3 aliphatic carbocycles. The van der Waals surface area contributed by atoms with Crippen LogP contribution >= 0.6 is 0 Å². The Morgan fingerprint density at radius 3 is 2.38 bits per heavy atom. The molecule has 63 heavy (non-hydrogen) atoms. The van der Waals surface area contributed by atoms with Gasteiger partial charge in [0.15, 0.2) is 0 Å². The summed E-state index contributed by atoms with van der Waals surface area (Å²) in [5, 5.41) is 0. The molecule has 4 aromatic rings. The van der Waals surface area contributed by atoms with Crippen LogP contribution in [0.1, 0.15) is 93.5 Å². The van der Waals surface area contributed by atoms with Crippen LogP contribution in [0, 0.1) is 19.8 Å². The lowest BCUT2D eigenvalue weighted by atomic mass is 9.72. The van der Waals surface area contributed by atoms with Crippen molar-refractivity contribution in [1.29, 1.82) is 0 Å². The van der Waals surface area contributed by atoms with Gasteiger partial charge in [-0.2, -0.15) is 0 Å². The van der Waals surface area contributed by atoms with Gasteiger partial charge in [-0.05, 0) is 182 Å². The molecular formula is C61H64N2. The van der Waals surface area contributed by atoms with Gasteiger partial charge in [0.05, 0.1) is 6.04 Å². The second-order valence-electron chi connectivity index (χ2n) is 17.9. The van der Waals surface area contributed by atoms with Crippen molar-refractivity contribution in [1.82, 2.24) is 0 Å². The molecular weight excluding hydrogens is 761 g/mol. The Morgan fingerprint density at radius 2 is 1.62 bits per heavy atom. The quantitative estimate of drug-likeness (QED) is 0.0923. The lowest BCUT2D eigenvalue weighted by Gasteiger charge is -2.38. The molecule has 8 rings (SSSR count). The van der Waals surface area contributed by atoms with Crippen LogP contribution in [0.2, 0.25) is 0 Å². The van der Waals surface area contributed by atoms with Gasteiger partial charge in [0.2, 0.25) is 0 Å². The number of hydrogen-bond donors (Lipinski definition) is 0. The maximum Gasteiger partial charge on any atom is 0.0529 e. The normalized spacial score (nSPS) is 19.8. The fourth-order valence-electron chi connectivity index (χ4n) is 10.8. The van der Waals surface area contributed by atoms with Crippen LogP contribution in [0.4, 0.5) is 17.1 Å². The second kappa shape index (κ2) is 18.5. The van der Waals surface area contributed by atoms with Crippen LogP contribution in [0.5, 0.6) is 0 Å². The van der Waals surface area contributed by atoms with E-state index in [0.717, 1.165) is 62.0 Å². The monoisotopic (exact) mass is 825 g/mol. The zero-order valence-corrected chi connectivity index (χ0v) is 38.3. The lowest BCUT2D eigenvalue weighted by molar-refractivity contribution is 0.705. The van der Waals surface area contributed by atoms with Crippen LogP contribution < -0.4 is 9.80 Å². The van der Waals surface area contributed by atoms with E-state index in [4.69, 9.17) is 0 Å². The molecule has 0 bridgehead atoms. The van der Waals surface area contributed by atoms with Crippen molar-refractivity contribution >= 4 is 17.1 Å². The first-order chi connectivity index (χ1) is 30.6. The number of rotatable bonds is 14. The molecule has 0 spiro atoms. The Kier molecular flexibility index (Phi) is 12.7. The van der Waals surface area contributed by atoms with E-state index in [9.17, 15) is 0 Å². The molecule has 0 saturated carbocycles. The third kappa shape index (κ3) is 8.09. The molecule has 0 N–H and O–H groups in total. The molecule has 3 atom stereocenters. The first-order valence-corrected chi connectivity index (χ1v) is 23.0. The van der Waals surface area contributed by atoms with E-state index in [1.165, 1.54) is 78.2 Å².